The fraction of sp³-hybridized carbons (Fsp3) is 0.400. The molecular weight excluding hydrogens is 222 g/mol. The van der Waals surface area contributed by atoms with Gasteiger partial charge in [0.05, 0.1) is 11.2 Å². The van der Waals surface area contributed by atoms with E-state index in [4.69, 9.17) is 10.7 Å². The van der Waals surface area contributed by atoms with Gasteiger partial charge in [-0.05, 0) is 18.1 Å². The van der Waals surface area contributed by atoms with E-state index < -0.39 is 0 Å². The molecule has 0 radical (unpaired) electrons. The van der Waals surface area contributed by atoms with Gasteiger partial charge in [-0.3, -0.25) is 9.88 Å². The van der Waals surface area contributed by atoms with Crippen LogP contribution in [0.1, 0.15) is 12.6 Å². The van der Waals surface area contributed by atoms with Crippen molar-refractivity contribution in [3.8, 4) is 0 Å². The molecule has 3 heteroatoms. The van der Waals surface area contributed by atoms with Crippen molar-refractivity contribution in [1.82, 2.24) is 9.88 Å². The molecule has 0 amide bonds. The number of para-hydroxylation sites is 1. The second-order valence-electron chi connectivity index (χ2n) is 5.33. The molecule has 18 heavy (non-hydrogen) atoms. The molecule has 2 atom stereocenters. The number of nitrogens with two attached hydrogens (primary N) is 1. The Labute approximate surface area is 108 Å². The Morgan fingerprint density at radius 1 is 1.22 bits per heavy atom. The van der Waals surface area contributed by atoms with Gasteiger partial charge in [0.25, 0.3) is 0 Å². The highest BCUT2D eigenvalue weighted by molar-refractivity contribution is 5.78. The van der Waals surface area contributed by atoms with Gasteiger partial charge in [-0.2, -0.15) is 0 Å². The third kappa shape index (κ3) is 2.24. The van der Waals surface area contributed by atoms with Crippen molar-refractivity contribution in [2.75, 3.05) is 13.1 Å². The second kappa shape index (κ2) is 4.67. The first-order chi connectivity index (χ1) is 8.72. The molecule has 1 fully saturated rings. The Morgan fingerprint density at radius 3 is 2.83 bits per heavy atom. The van der Waals surface area contributed by atoms with Crippen molar-refractivity contribution < 1.29 is 0 Å². The van der Waals surface area contributed by atoms with Crippen LogP contribution in [0.5, 0.6) is 0 Å². The minimum absolute atomic E-state index is 0.311. The molecule has 94 valence electrons. The zero-order chi connectivity index (χ0) is 12.5. The third-order valence-corrected chi connectivity index (χ3v) is 3.79. The molecule has 1 aliphatic heterocycles. The Bertz CT molecular complexity index is 542. The minimum atomic E-state index is 0.311. The maximum Gasteiger partial charge on any atom is 0.0705 e. The molecule has 0 aliphatic carbocycles. The summed E-state index contributed by atoms with van der Waals surface area (Å²) in [5.41, 5.74) is 8.26. The van der Waals surface area contributed by atoms with Crippen LogP contribution in [0.15, 0.2) is 36.4 Å². The second-order valence-corrected chi connectivity index (χ2v) is 5.33. The lowest BCUT2D eigenvalue weighted by Gasteiger charge is -2.14. The van der Waals surface area contributed by atoms with Gasteiger partial charge in [-0.15, -0.1) is 0 Å². The average Bonchev–Trinajstić information content (AvgIpc) is 2.68. The molecule has 2 N–H and O–H groups in total. The van der Waals surface area contributed by atoms with Crippen LogP contribution in [0.4, 0.5) is 0 Å². The summed E-state index contributed by atoms with van der Waals surface area (Å²) >= 11 is 0. The van der Waals surface area contributed by atoms with E-state index in [1.165, 1.54) is 5.39 Å². The Hall–Kier alpha value is -1.45. The van der Waals surface area contributed by atoms with E-state index in [-0.39, 0.29) is 0 Å². The highest BCUT2D eigenvalue weighted by Gasteiger charge is 2.26. The highest BCUT2D eigenvalue weighted by atomic mass is 15.2. The molecular formula is C15H19N3. The van der Waals surface area contributed by atoms with Gasteiger partial charge in [-0.25, -0.2) is 0 Å². The van der Waals surface area contributed by atoms with Crippen LogP contribution in [0.3, 0.4) is 0 Å². The lowest BCUT2D eigenvalue weighted by atomic mass is 10.1. The van der Waals surface area contributed by atoms with Crippen LogP contribution in [-0.4, -0.2) is 29.0 Å². The topological polar surface area (TPSA) is 42.2 Å². The highest BCUT2D eigenvalue weighted by Crippen LogP contribution is 2.18. The predicted octanol–water partition coefficient (Wildman–Crippen LogP) is 2.01. The Kier molecular flexibility index (Phi) is 3.02. The van der Waals surface area contributed by atoms with Gasteiger partial charge in [0, 0.05) is 31.1 Å². The summed E-state index contributed by atoms with van der Waals surface area (Å²) in [7, 11) is 0. The van der Waals surface area contributed by atoms with E-state index in [0.29, 0.717) is 12.0 Å². The molecule has 0 bridgehead atoms. The maximum absolute atomic E-state index is 6.05. The standard InChI is InChI=1S/C15H19N3/c1-11-8-18(10-14(11)16)9-13-7-6-12-4-2-3-5-15(12)17-13/h2-7,11,14H,8-10,16H2,1H3. The van der Waals surface area contributed by atoms with Crippen molar-refractivity contribution in [3.05, 3.63) is 42.1 Å². The van der Waals surface area contributed by atoms with Gasteiger partial charge in [0.15, 0.2) is 0 Å². The number of fused-ring (bicyclic) bond motifs is 1. The maximum atomic E-state index is 6.05. The van der Waals surface area contributed by atoms with Crippen LogP contribution in [0, 0.1) is 5.92 Å². The van der Waals surface area contributed by atoms with E-state index in [0.717, 1.165) is 30.8 Å². The molecule has 1 aromatic carbocycles. The lowest BCUT2D eigenvalue weighted by molar-refractivity contribution is 0.315. The number of nitrogens with zero attached hydrogens (tertiary/aromatic N) is 2. The summed E-state index contributed by atoms with van der Waals surface area (Å²) in [5.74, 6) is 0.588. The van der Waals surface area contributed by atoms with Crippen LogP contribution in [-0.2, 0) is 6.54 Å². The van der Waals surface area contributed by atoms with Crippen molar-refractivity contribution in [2.24, 2.45) is 11.7 Å². The molecule has 2 heterocycles. The van der Waals surface area contributed by atoms with Crippen LogP contribution in [0.25, 0.3) is 10.9 Å². The average molecular weight is 241 g/mol. The smallest absolute Gasteiger partial charge is 0.0705 e. The first-order valence-corrected chi connectivity index (χ1v) is 6.55. The summed E-state index contributed by atoms with van der Waals surface area (Å²) in [4.78, 5) is 7.10. The summed E-state index contributed by atoms with van der Waals surface area (Å²) in [6.07, 6.45) is 0. The van der Waals surface area contributed by atoms with Crippen LogP contribution < -0.4 is 5.73 Å². The van der Waals surface area contributed by atoms with Gasteiger partial charge in [0.1, 0.15) is 0 Å². The molecule has 1 aliphatic rings. The Balaban J connectivity index is 1.79. The fourth-order valence-corrected chi connectivity index (χ4v) is 2.65. The monoisotopic (exact) mass is 241 g/mol. The van der Waals surface area contributed by atoms with Crippen molar-refractivity contribution >= 4 is 10.9 Å². The zero-order valence-electron chi connectivity index (χ0n) is 10.7. The molecule has 1 aromatic heterocycles. The number of hydrogen-bond acceptors (Lipinski definition) is 3. The number of likely N-dealkylation sites (tertiary alicyclic amines) is 1. The number of rotatable bonds is 2. The third-order valence-electron chi connectivity index (χ3n) is 3.79. The van der Waals surface area contributed by atoms with E-state index in [9.17, 15) is 0 Å². The summed E-state index contributed by atoms with van der Waals surface area (Å²) in [6, 6.07) is 12.8. The van der Waals surface area contributed by atoms with Crippen LogP contribution >= 0.6 is 0 Å². The quantitative estimate of drug-likeness (QED) is 0.874. The number of pyridine rings is 1. The molecule has 2 aromatic rings. The van der Waals surface area contributed by atoms with E-state index in [2.05, 4.69) is 36.1 Å². The molecule has 1 saturated heterocycles. The predicted molar refractivity (Wildman–Crippen MR) is 74.2 cm³/mol. The molecule has 3 nitrogen and oxygen atoms in total. The zero-order valence-corrected chi connectivity index (χ0v) is 10.7. The minimum Gasteiger partial charge on any atom is -0.326 e. The van der Waals surface area contributed by atoms with Gasteiger partial charge in [0.2, 0.25) is 0 Å². The first-order valence-electron chi connectivity index (χ1n) is 6.55. The normalized spacial score (nSPS) is 24.8. The summed E-state index contributed by atoms with van der Waals surface area (Å²) in [5, 5.41) is 1.20. The molecule has 0 saturated carbocycles. The SMILES string of the molecule is CC1CN(Cc2ccc3ccccc3n2)CC1N. The van der Waals surface area contributed by atoms with E-state index in [1.54, 1.807) is 0 Å². The van der Waals surface area contributed by atoms with Crippen LogP contribution in [0.2, 0.25) is 0 Å². The van der Waals surface area contributed by atoms with Gasteiger partial charge >= 0.3 is 0 Å². The number of hydrogen-bond donors (Lipinski definition) is 1. The molecule has 3 rings (SSSR count). The Morgan fingerprint density at radius 2 is 2.06 bits per heavy atom. The first kappa shape index (κ1) is 11.6. The fourth-order valence-electron chi connectivity index (χ4n) is 2.65. The van der Waals surface area contributed by atoms with Crippen molar-refractivity contribution in [3.63, 3.8) is 0 Å². The van der Waals surface area contributed by atoms with Gasteiger partial charge < -0.3 is 5.73 Å². The molecule has 2 unspecified atom stereocenters. The van der Waals surface area contributed by atoms with E-state index >= 15 is 0 Å². The van der Waals surface area contributed by atoms with Crippen molar-refractivity contribution in [1.29, 1.82) is 0 Å². The number of benzene rings is 1. The van der Waals surface area contributed by atoms with Crippen molar-refractivity contribution in [2.45, 2.75) is 19.5 Å². The molecule has 0 spiro atoms. The lowest BCUT2D eigenvalue weighted by Crippen LogP contribution is -2.28. The largest absolute Gasteiger partial charge is 0.326 e. The summed E-state index contributed by atoms with van der Waals surface area (Å²) < 4.78 is 0. The summed E-state index contributed by atoms with van der Waals surface area (Å²) in [6.45, 7) is 5.19. The number of aromatic nitrogens is 1. The van der Waals surface area contributed by atoms with E-state index in [1.807, 2.05) is 12.1 Å². The van der Waals surface area contributed by atoms with Gasteiger partial charge in [-0.1, -0.05) is 31.2 Å².